The lowest BCUT2D eigenvalue weighted by atomic mass is 10.1. The van der Waals surface area contributed by atoms with E-state index in [1.165, 1.54) is 0 Å². The van der Waals surface area contributed by atoms with E-state index < -0.39 is 0 Å². The Morgan fingerprint density at radius 2 is 2.33 bits per heavy atom. The van der Waals surface area contributed by atoms with E-state index in [9.17, 15) is 4.79 Å². The Hall–Kier alpha value is -1.75. The van der Waals surface area contributed by atoms with E-state index in [0.29, 0.717) is 24.4 Å². The van der Waals surface area contributed by atoms with Crippen LogP contribution >= 0.6 is 0 Å². The molecule has 0 aromatic heterocycles. The van der Waals surface area contributed by atoms with Gasteiger partial charge in [0, 0.05) is 24.9 Å². The van der Waals surface area contributed by atoms with Gasteiger partial charge in [0.2, 0.25) is 0 Å². The minimum Gasteiger partial charge on any atom is -0.484 e. The molecule has 1 rings (SSSR count). The van der Waals surface area contributed by atoms with Crippen LogP contribution in [-0.2, 0) is 4.79 Å². The molecule has 0 bridgehead atoms. The molecule has 18 heavy (non-hydrogen) atoms. The number of nitrogens with two attached hydrogens (primary N) is 1. The van der Waals surface area contributed by atoms with Crippen LogP contribution in [0.1, 0.15) is 13.3 Å². The molecule has 5 nitrogen and oxygen atoms in total. The quantitative estimate of drug-likeness (QED) is 0.626. The Morgan fingerprint density at radius 1 is 1.56 bits per heavy atom. The van der Waals surface area contributed by atoms with E-state index in [1.54, 1.807) is 24.3 Å². The summed E-state index contributed by atoms with van der Waals surface area (Å²) in [5.41, 5.74) is 6.19. The second-order valence-corrected chi connectivity index (χ2v) is 4.28. The standard InChI is InChI=1S/C13H20N2O3/c1-10(5-6-16)8-15-13(17)9-18-12-4-2-3-11(14)7-12/h2-4,7,10,16H,5-6,8-9,14H2,1H3,(H,15,17). The summed E-state index contributed by atoms with van der Waals surface area (Å²) < 4.78 is 5.30. The van der Waals surface area contributed by atoms with E-state index in [-0.39, 0.29) is 25.0 Å². The molecule has 0 aliphatic heterocycles. The number of benzene rings is 1. The number of carbonyl (C=O) groups excluding carboxylic acids is 1. The summed E-state index contributed by atoms with van der Waals surface area (Å²) in [5, 5.41) is 11.5. The number of hydrogen-bond donors (Lipinski definition) is 3. The lowest BCUT2D eigenvalue weighted by Gasteiger charge is -2.11. The summed E-state index contributed by atoms with van der Waals surface area (Å²) >= 11 is 0. The molecule has 1 atom stereocenters. The molecule has 1 unspecified atom stereocenters. The van der Waals surface area contributed by atoms with E-state index >= 15 is 0 Å². The van der Waals surface area contributed by atoms with E-state index in [2.05, 4.69) is 5.32 Å². The van der Waals surface area contributed by atoms with Crippen molar-refractivity contribution in [2.24, 2.45) is 5.92 Å². The van der Waals surface area contributed by atoms with Crippen molar-refractivity contribution in [1.29, 1.82) is 0 Å². The molecule has 5 heteroatoms. The molecular weight excluding hydrogens is 232 g/mol. The van der Waals surface area contributed by atoms with Crippen molar-refractivity contribution in [2.45, 2.75) is 13.3 Å². The first-order chi connectivity index (χ1) is 8.61. The van der Waals surface area contributed by atoms with Crippen molar-refractivity contribution in [3.63, 3.8) is 0 Å². The van der Waals surface area contributed by atoms with Crippen molar-refractivity contribution in [3.05, 3.63) is 24.3 Å². The van der Waals surface area contributed by atoms with Crippen LogP contribution in [0.4, 0.5) is 5.69 Å². The third-order valence-electron chi connectivity index (χ3n) is 2.50. The summed E-state index contributed by atoms with van der Waals surface area (Å²) in [6.45, 7) is 2.61. The van der Waals surface area contributed by atoms with Gasteiger partial charge in [-0.25, -0.2) is 0 Å². The maximum Gasteiger partial charge on any atom is 0.257 e. The molecule has 1 aromatic carbocycles. The van der Waals surface area contributed by atoms with Gasteiger partial charge >= 0.3 is 0 Å². The maximum atomic E-state index is 11.5. The summed E-state index contributed by atoms with van der Waals surface area (Å²) in [6.07, 6.45) is 0.677. The van der Waals surface area contributed by atoms with Gasteiger partial charge < -0.3 is 20.9 Å². The van der Waals surface area contributed by atoms with Crippen molar-refractivity contribution in [1.82, 2.24) is 5.32 Å². The number of aliphatic hydroxyl groups excluding tert-OH is 1. The molecule has 1 amide bonds. The minimum atomic E-state index is -0.179. The first-order valence-corrected chi connectivity index (χ1v) is 5.97. The number of carbonyl (C=O) groups is 1. The third kappa shape index (κ3) is 5.54. The molecule has 0 spiro atoms. The second kappa shape index (κ2) is 7.55. The number of nitrogen functional groups attached to an aromatic ring is 1. The monoisotopic (exact) mass is 252 g/mol. The Kier molecular flexibility index (Phi) is 6.00. The summed E-state index contributed by atoms with van der Waals surface area (Å²) in [4.78, 5) is 11.5. The molecular formula is C13H20N2O3. The van der Waals surface area contributed by atoms with Crippen LogP contribution in [0.5, 0.6) is 5.75 Å². The van der Waals surface area contributed by atoms with Crippen LogP contribution in [0.25, 0.3) is 0 Å². The molecule has 0 heterocycles. The average molecular weight is 252 g/mol. The Bertz CT molecular complexity index is 382. The predicted octanol–water partition coefficient (Wildman–Crippen LogP) is 0.782. The van der Waals surface area contributed by atoms with Gasteiger partial charge in [-0.2, -0.15) is 0 Å². The number of rotatable bonds is 7. The van der Waals surface area contributed by atoms with Crippen LogP contribution in [0.2, 0.25) is 0 Å². The second-order valence-electron chi connectivity index (χ2n) is 4.28. The molecule has 100 valence electrons. The summed E-state index contributed by atoms with van der Waals surface area (Å²) in [7, 11) is 0. The fraction of sp³-hybridized carbons (Fsp3) is 0.462. The van der Waals surface area contributed by atoms with Crippen molar-refractivity contribution in [3.8, 4) is 5.75 Å². The fourth-order valence-electron chi connectivity index (χ4n) is 1.41. The number of amides is 1. The molecule has 0 saturated heterocycles. The van der Waals surface area contributed by atoms with Crippen LogP contribution in [0.15, 0.2) is 24.3 Å². The van der Waals surface area contributed by atoms with Gasteiger partial charge in [0.25, 0.3) is 5.91 Å². The van der Waals surface area contributed by atoms with E-state index in [4.69, 9.17) is 15.6 Å². The maximum absolute atomic E-state index is 11.5. The van der Waals surface area contributed by atoms with Crippen LogP contribution < -0.4 is 15.8 Å². The number of ether oxygens (including phenoxy) is 1. The van der Waals surface area contributed by atoms with Gasteiger partial charge in [-0.3, -0.25) is 4.79 Å². The molecule has 0 fully saturated rings. The predicted molar refractivity (Wildman–Crippen MR) is 70.2 cm³/mol. The number of hydrogen-bond acceptors (Lipinski definition) is 4. The first-order valence-electron chi connectivity index (χ1n) is 5.97. The molecule has 0 saturated carbocycles. The van der Waals surface area contributed by atoms with Gasteiger partial charge in [0.1, 0.15) is 5.75 Å². The highest BCUT2D eigenvalue weighted by Gasteiger charge is 2.06. The van der Waals surface area contributed by atoms with Gasteiger partial charge in [-0.05, 0) is 24.5 Å². The fourth-order valence-corrected chi connectivity index (χ4v) is 1.41. The van der Waals surface area contributed by atoms with Gasteiger partial charge in [-0.1, -0.05) is 13.0 Å². The highest BCUT2D eigenvalue weighted by atomic mass is 16.5. The van der Waals surface area contributed by atoms with Crippen LogP contribution in [-0.4, -0.2) is 30.8 Å². The Morgan fingerprint density at radius 3 is 3.00 bits per heavy atom. The summed E-state index contributed by atoms with van der Waals surface area (Å²) in [6, 6.07) is 6.94. The SMILES string of the molecule is CC(CCO)CNC(=O)COc1cccc(N)c1. The zero-order chi connectivity index (χ0) is 13.4. The number of anilines is 1. The Labute approximate surface area is 107 Å². The normalized spacial score (nSPS) is 11.9. The molecule has 4 N–H and O–H groups in total. The Balaban J connectivity index is 2.25. The van der Waals surface area contributed by atoms with Crippen molar-refractivity contribution < 1.29 is 14.6 Å². The highest BCUT2D eigenvalue weighted by molar-refractivity contribution is 5.77. The van der Waals surface area contributed by atoms with Crippen LogP contribution in [0.3, 0.4) is 0 Å². The number of nitrogens with one attached hydrogen (secondary N) is 1. The third-order valence-corrected chi connectivity index (χ3v) is 2.50. The van der Waals surface area contributed by atoms with Gasteiger partial charge in [-0.15, -0.1) is 0 Å². The average Bonchev–Trinajstić information content (AvgIpc) is 2.34. The van der Waals surface area contributed by atoms with E-state index in [0.717, 1.165) is 0 Å². The molecule has 0 aliphatic carbocycles. The zero-order valence-corrected chi connectivity index (χ0v) is 10.6. The molecule has 0 radical (unpaired) electrons. The minimum absolute atomic E-state index is 0.0324. The highest BCUT2D eigenvalue weighted by Crippen LogP contribution is 2.13. The topological polar surface area (TPSA) is 84.6 Å². The van der Waals surface area contributed by atoms with Crippen molar-refractivity contribution >= 4 is 11.6 Å². The van der Waals surface area contributed by atoms with Crippen molar-refractivity contribution in [2.75, 3.05) is 25.5 Å². The zero-order valence-electron chi connectivity index (χ0n) is 10.6. The van der Waals surface area contributed by atoms with E-state index in [1.807, 2.05) is 6.92 Å². The van der Waals surface area contributed by atoms with Gasteiger partial charge in [0.05, 0.1) is 0 Å². The summed E-state index contributed by atoms with van der Waals surface area (Å²) in [5.74, 6) is 0.655. The first kappa shape index (κ1) is 14.3. The molecule has 1 aromatic rings. The molecule has 0 aliphatic rings. The number of aliphatic hydroxyl groups is 1. The largest absolute Gasteiger partial charge is 0.484 e. The lowest BCUT2D eigenvalue weighted by Crippen LogP contribution is -2.32. The smallest absolute Gasteiger partial charge is 0.257 e. The van der Waals surface area contributed by atoms with Crippen LogP contribution in [0, 0.1) is 5.92 Å². The van der Waals surface area contributed by atoms with Gasteiger partial charge in [0.15, 0.2) is 6.61 Å². The lowest BCUT2D eigenvalue weighted by molar-refractivity contribution is -0.123.